The fourth-order valence-electron chi connectivity index (χ4n) is 1.53. The number of hydrogen-bond donors (Lipinski definition) is 3. The van der Waals surface area contributed by atoms with Gasteiger partial charge in [-0.1, -0.05) is 6.07 Å². The molecule has 5 nitrogen and oxygen atoms in total. The van der Waals surface area contributed by atoms with E-state index < -0.39 is 19.4 Å². The molecule has 0 bridgehead atoms. The molecule has 0 aliphatic rings. The van der Waals surface area contributed by atoms with Gasteiger partial charge in [-0.2, -0.15) is 0 Å². The summed E-state index contributed by atoms with van der Waals surface area (Å²) in [6.45, 7) is 0. The Bertz CT molecular complexity index is 665. The predicted molar refractivity (Wildman–Crippen MR) is 66.2 cm³/mol. The Morgan fingerprint density at radius 1 is 1.39 bits per heavy atom. The molecule has 0 saturated heterocycles. The van der Waals surface area contributed by atoms with Crippen LogP contribution in [0.1, 0.15) is 21.1 Å². The molecule has 1 unspecified atom stereocenters. The lowest BCUT2D eigenvalue weighted by Crippen LogP contribution is -2.07. The Morgan fingerprint density at radius 2 is 2.06 bits per heavy atom. The SMILES string of the molecule is NC(=O)c1cc2cc(C(F)P(=O)(O)O)ccc2s1. The first-order chi connectivity index (χ1) is 8.29. The maximum Gasteiger partial charge on any atom is 0.363 e. The molecule has 96 valence electrons. The zero-order valence-electron chi connectivity index (χ0n) is 8.91. The van der Waals surface area contributed by atoms with Crippen LogP contribution in [0.2, 0.25) is 0 Å². The highest BCUT2D eigenvalue weighted by Gasteiger charge is 2.30. The third-order valence-electron chi connectivity index (χ3n) is 2.35. The van der Waals surface area contributed by atoms with E-state index in [-0.39, 0.29) is 5.56 Å². The maximum absolute atomic E-state index is 13.5. The molecule has 8 heteroatoms. The van der Waals surface area contributed by atoms with E-state index in [0.717, 1.165) is 11.3 Å². The number of thiophene rings is 1. The van der Waals surface area contributed by atoms with E-state index in [9.17, 15) is 13.8 Å². The highest BCUT2D eigenvalue weighted by molar-refractivity contribution is 7.51. The van der Waals surface area contributed by atoms with Gasteiger partial charge in [0.25, 0.3) is 5.91 Å². The number of alkyl halides is 1. The number of carbonyl (C=O) groups is 1. The van der Waals surface area contributed by atoms with Gasteiger partial charge in [0.05, 0.1) is 4.88 Å². The number of amides is 1. The minimum Gasteiger partial charge on any atom is -0.365 e. The summed E-state index contributed by atoms with van der Waals surface area (Å²) in [5, 5.41) is 0.530. The quantitative estimate of drug-likeness (QED) is 0.753. The van der Waals surface area contributed by atoms with Crippen molar-refractivity contribution in [2.24, 2.45) is 5.73 Å². The van der Waals surface area contributed by atoms with Gasteiger partial charge in [0.15, 0.2) is 0 Å². The van der Waals surface area contributed by atoms with E-state index in [1.165, 1.54) is 24.3 Å². The average Bonchev–Trinajstić information content (AvgIpc) is 2.69. The van der Waals surface area contributed by atoms with E-state index in [2.05, 4.69) is 0 Å². The number of fused-ring (bicyclic) bond motifs is 1. The van der Waals surface area contributed by atoms with Crippen molar-refractivity contribution in [2.75, 3.05) is 0 Å². The molecule has 1 aromatic heterocycles. The van der Waals surface area contributed by atoms with Crippen molar-refractivity contribution in [3.8, 4) is 0 Å². The molecule has 1 aromatic carbocycles. The van der Waals surface area contributed by atoms with Crippen molar-refractivity contribution in [2.45, 2.75) is 5.91 Å². The van der Waals surface area contributed by atoms with Crippen LogP contribution in [0.4, 0.5) is 4.39 Å². The normalized spacial score (nSPS) is 13.7. The largest absolute Gasteiger partial charge is 0.365 e. The number of rotatable bonds is 3. The summed E-state index contributed by atoms with van der Waals surface area (Å²) in [6.07, 6.45) is 0. The Hall–Kier alpha value is -1.27. The van der Waals surface area contributed by atoms with Crippen molar-refractivity contribution in [1.29, 1.82) is 0 Å². The van der Waals surface area contributed by atoms with E-state index in [1.54, 1.807) is 0 Å². The molecule has 2 rings (SSSR count). The van der Waals surface area contributed by atoms with Crippen LogP contribution in [-0.2, 0) is 4.57 Å². The number of carbonyl (C=O) groups excluding carboxylic acids is 1. The molecule has 1 heterocycles. The topological polar surface area (TPSA) is 101 Å². The molecule has 0 fully saturated rings. The van der Waals surface area contributed by atoms with Crippen LogP contribution < -0.4 is 5.73 Å². The first-order valence-electron chi connectivity index (χ1n) is 4.81. The lowest BCUT2D eigenvalue weighted by Gasteiger charge is -2.09. The van der Waals surface area contributed by atoms with Gasteiger partial charge in [0, 0.05) is 4.70 Å². The predicted octanol–water partition coefficient (Wildman–Crippen LogP) is 2.15. The average molecular weight is 289 g/mol. The minimum absolute atomic E-state index is 0.121. The molecule has 0 spiro atoms. The summed E-state index contributed by atoms with van der Waals surface area (Å²) >= 11 is 1.14. The molecule has 1 atom stereocenters. The van der Waals surface area contributed by atoms with Crippen molar-refractivity contribution < 1.29 is 23.5 Å². The van der Waals surface area contributed by atoms with E-state index in [4.69, 9.17) is 15.5 Å². The Labute approximate surface area is 105 Å². The summed E-state index contributed by atoms with van der Waals surface area (Å²) < 4.78 is 25.0. The lowest BCUT2D eigenvalue weighted by molar-refractivity contribution is 0.100. The van der Waals surface area contributed by atoms with Crippen LogP contribution in [0.25, 0.3) is 10.1 Å². The van der Waals surface area contributed by atoms with Crippen LogP contribution in [0.15, 0.2) is 24.3 Å². The van der Waals surface area contributed by atoms with Crippen LogP contribution in [-0.4, -0.2) is 15.7 Å². The number of primary amides is 1. The Morgan fingerprint density at radius 3 is 2.61 bits per heavy atom. The molecule has 0 aliphatic carbocycles. The smallest absolute Gasteiger partial charge is 0.363 e. The maximum atomic E-state index is 13.5. The van der Waals surface area contributed by atoms with E-state index >= 15 is 0 Å². The van der Waals surface area contributed by atoms with Crippen molar-refractivity contribution in [3.63, 3.8) is 0 Å². The van der Waals surface area contributed by atoms with Gasteiger partial charge in [-0.25, -0.2) is 4.39 Å². The highest BCUT2D eigenvalue weighted by atomic mass is 32.1. The second kappa shape index (κ2) is 4.44. The van der Waals surface area contributed by atoms with Gasteiger partial charge >= 0.3 is 7.60 Å². The standard InChI is InChI=1S/C10H9FNO4PS/c11-9(17(14,15)16)5-1-2-7-6(3-5)4-8(18-7)10(12)13/h1-4,9H,(H2,12,13)(H2,14,15,16). The molecule has 0 aliphatic heterocycles. The van der Waals surface area contributed by atoms with Gasteiger partial charge < -0.3 is 15.5 Å². The zero-order valence-corrected chi connectivity index (χ0v) is 10.6. The molecule has 2 aromatic rings. The van der Waals surface area contributed by atoms with Crippen molar-refractivity contribution >= 4 is 34.9 Å². The Kier molecular flexibility index (Phi) is 3.25. The van der Waals surface area contributed by atoms with Gasteiger partial charge in [-0.3, -0.25) is 9.36 Å². The number of halogens is 1. The first-order valence-corrected chi connectivity index (χ1v) is 7.31. The third kappa shape index (κ3) is 2.44. The fourth-order valence-corrected chi connectivity index (χ4v) is 2.97. The summed E-state index contributed by atoms with van der Waals surface area (Å²) in [6, 6.07) is 5.57. The van der Waals surface area contributed by atoms with E-state index in [0.29, 0.717) is 15.0 Å². The summed E-state index contributed by atoms with van der Waals surface area (Å²) in [5.74, 6) is -2.96. The van der Waals surface area contributed by atoms with E-state index in [1.807, 2.05) is 0 Å². The molecule has 0 radical (unpaired) electrons. The Balaban J connectivity index is 2.50. The van der Waals surface area contributed by atoms with Gasteiger partial charge in [0.1, 0.15) is 0 Å². The fraction of sp³-hybridized carbons (Fsp3) is 0.100. The van der Waals surface area contributed by atoms with Crippen LogP contribution in [0.3, 0.4) is 0 Å². The third-order valence-corrected chi connectivity index (χ3v) is 4.37. The highest BCUT2D eigenvalue weighted by Crippen LogP contribution is 2.53. The number of hydrogen-bond acceptors (Lipinski definition) is 3. The van der Waals surface area contributed by atoms with Gasteiger partial charge in [-0.15, -0.1) is 11.3 Å². The monoisotopic (exact) mass is 289 g/mol. The number of nitrogens with two attached hydrogens (primary N) is 1. The van der Waals surface area contributed by atoms with Crippen molar-refractivity contribution in [1.82, 2.24) is 0 Å². The van der Waals surface area contributed by atoms with Crippen LogP contribution in [0, 0.1) is 0 Å². The summed E-state index contributed by atoms with van der Waals surface area (Å²) in [4.78, 5) is 28.8. The van der Waals surface area contributed by atoms with Gasteiger partial charge in [-0.05, 0) is 29.1 Å². The molecule has 4 N–H and O–H groups in total. The van der Waals surface area contributed by atoms with Crippen molar-refractivity contribution in [3.05, 3.63) is 34.7 Å². The first kappa shape index (κ1) is 13.2. The molecule has 1 amide bonds. The second-order valence-corrected chi connectivity index (χ2v) is 6.41. The molecular weight excluding hydrogens is 280 g/mol. The summed E-state index contributed by atoms with van der Waals surface area (Å²) in [5.41, 5.74) is 5.00. The van der Waals surface area contributed by atoms with Crippen LogP contribution in [0.5, 0.6) is 0 Å². The lowest BCUT2D eigenvalue weighted by atomic mass is 10.2. The molecule has 0 saturated carbocycles. The minimum atomic E-state index is -4.82. The van der Waals surface area contributed by atoms with Gasteiger partial charge in [0.2, 0.25) is 5.91 Å². The number of benzene rings is 1. The summed E-state index contributed by atoms with van der Waals surface area (Å²) in [7, 11) is -4.82. The zero-order chi connectivity index (χ0) is 13.5. The second-order valence-electron chi connectivity index (χ2n) is 3.70. The molecular formula is C10H9FNO4PS. The molecule has 18 heavy (non-hydrogen) atoms. The van der Waals surface area contributed by atoms with Crippen LogP contribution >= 0.6 is 18.9 Å².